The van der Waals surface area contributed by atoms with Gasteiger partial charge < -0.3 is 14.8 Å². The van der Waals surface area contributed by atoms with Gasteiger partial charge in [-0.2, -0.15) is 0 Å². The van der Waals surface area contributed by atoms with Crippen LogP contribution in [-0.4, -0.2) is 31.5 Å². The fourth-order valence-corrected chi connectivity index (χ4v) is 2.15. The van der Waals surface area contributed by atoms with Crippen LogP contribution in [-0.2, 0) is 9.47 Å². The summed E-state index contributed by atoms with van der Waals surface area (Å²) in [6.45, 7) is 4.11. The quantitative estimate of drug-likeness (QED) is 0.757. The van der Waals surface area contributed by atoms with Crippen LogP contribution in [0.2, 0.25) is 0 Å². The van der Waals surface area contributed by atoms with Crippen molar-refractivity contribution >= 4 is 11.3 Å². The number of hydrogen-bond donors (Lipinski definition) is 1. The highest BCUT2D eigenvalue weighted by molar-refractivity contribution is 7.07. The standard InChI is InChI=1S/C10H18N2O2S/c1-7(9-5-15-6-11-9)12-8(2)10(13-3)14-4/h5-8,10,12H,1-4H3. The topological polar surface area (TPSA) is 43.4 Å². The summed E-state index contributed by atoms with van der Waals surface area (Å²) in [5.41, 5.74) is 2.89. The number of ether oxygens (including phenoxy) is 2. The molecule has 1 N–H and O–H groups in total. The van der Waals surface area contributed by atoms with Crippen LogP contribution < -0.4 is 5.32 Å². The van der Waals surface area contributed by atoms with Gasteiger partial charge in [0.15, 0.2) is 6.29 Å². The van der Waals surface area contributed by atoms with Gasteiger partial charge in [-0.15, -0.1) is 11.3 Å². The first-order valence-electron chi connectivity index (χ1n) is 4.88. The van der Waals surface area contributed by atoms with Crippen LogP contribution in [0.25, 0.3) is 0 Å². The average molecular weight is 230 g/mol. The van der Waals surface area contributed by atoms with Gasteiger partial charge in [0, 0.05) is 25.6 Å². The van der Waals surface area contributed by atoms with Gasteiger partial charge in [-0.25, -0.2) is 4.98 Å². The highest BCUT2D eigenvalue weighted by Gasteiger charge is 2.18. The molecule has 0 amide bonds. The fourth-order valence-electron chi connectivity index (χ4n) is 1.50. The Morgan fingerprint density at radius 1 is 1.33 bits per heavy atom. The zero-order chi connectivity index (χ0) is 11.3. The maximum atomic E-state index is 5.18. The molecule has 0 aliphatic carbocycles. The molecular weight excluding hydrogens is 212 g/mol. The average Bonchev–Trinajstić information content (AvgIpc) is 2.72. The number of methoxy groups -OCH3 is 2. The maximum absolute atomic E-state index is 5.18. The summed E-state index contributed by atoms with van der Waals surface area (Å²) >= 11 is 1.60. The lowest BCUT2D eigenvalue weighted by molar-refractivity contribution is -0.120. The van der Waals surface area contributed by atoms with Crippen molar-refractivity contribution in [3.8, 4) is 0 Å². The summed E-state index contributed by atoms with van der Waals surface area (Å²) in [7, 11) is 3.28. The number of aromatic nitrogens is 1. The summed E-state index contributed by atoms with van der Waals surface area (Å²) in [6, 6.07) is 0.329. The Kier molecular flexibility index (Phi) is 5.17. The monoisotopic (exact) mass is 230 g/mol. The van der Waals surface area contributed by atoms with Crippen molar-refractivity contribution in [2.75, 3.05) is 14.2 Å². The second kappa shape index (κ2) is 6.17. The van der Waals surface area contributed by atoms with Crippen LogP contribution in [0, 0.1) is 0 Å². The minimum absolute atomic E-state index is 0.122. The van der Waals surface area contributed by atoms with E-state index in [2.05, 4.69) is 17.2 Å². The Morgan fingerprint density at radius 3 is 2.47 bits per heavy atom. The van der Waals surface area contributed by atoms with E-state index < -0.39 is 0 Å². The molecule has 1 heterocycles. The SMILES string of the molecule is COC(OC)C(C)NC(C)c1cscn1. The normalized spacial score (nSPS) is 15.5. The second-order valence-corrected chi connectivity index (χ2v) is 4.15. The lowest BCUT2D eigenvalue weighted by Gasteiger charge is -2.25. The van der Waals surface area contributed by atoms with Gasteiger partial charge in [0.1, 0.15) is 0 Å². The van der Waals surface area contributed by atoms with E-state index in [1.807, 2.05) is 17.8 Å². The number of hydrogen-bond acceptors (Lipinski definition) is 5. The number of thiazole rings is 1. The molecule has 5 heteroatoms. The molecule has 15 heavy (non-hydrogen) atoms. The van der Waals surface area contributed by atoms with Crippen molar-refractivity contribution in [2.45, 2.75) is 32.2 Å². The molecule has 0 bridgehead atoms. The summed E-state index contributed by atoms with van der Waals surface area (Å²) < 4.78 is 10.4. The number of rotatable bonds is 6. The minimum atomic E-state index is -0.230. The van der Waals surface area contributed by atoms with E-state index in [4.69, 9.17) is 9.47 Å². The van der Waals surface area contributed by atoms with Gasteiger partial charge in [-0.05, 0) is 13.8 Å². The van der Waals surface area contributed by atoms with Crippen molar-refractivity contribution < 1.29 is 9.47 Å². The van der Waals surface area contributed by atoms with Gasteiger partial charge >= 0.3 is 0 Å². The zero-order valence-corrected chi connectivity index (χ0v) is 10.4. The molecular formula is C10H18N2O2S. The maximum Gasteiger partial charge on any atom is 0.171 e. The smallest absolute Gasteiger partial charge is 0.171 e. The molecule has 1 rings (SSSR count). The third-order valence-electron chi connectivity index (χ3n) is 2.28. The Bertz CT molecular complexity index is 262. The first-order chi connectivity index (χ1) is 7.19. The lowest BCUT2D eigenvalue weighted by Crippen LogP contribution is -2.40. The summed E-state index contributed by atoms with van der Waals surface area (Å²) in [6.07, 6.45) is -0.230. The van der Waals surface area contributed by atoms with Gasteiger partial charge in [-0.3, -0.25) is 0 Å². The third kappa shape index (κ3) is 3.53. The van der Waals surface area contributed by atoms with Gasteiger partial charge in [-0.1, -0.05) is 0 Å². The highest BCUT2D eigenvalue weighted by atomic mass is 32.1. The molecule has 86 valence electrons. The van der Waals surface area contributed by atoms with Crippen molar-refractivity contribution in [3.05, 3.63) is 16.6 Å². The van der Waals surface area contributed by atoms with E-state index in [1.54, 1.807) is 25.6 Å². The molecule has 1 aromatic heterocycles. The molecule has 0 saturated heterocycles. The van der Waals surface area contributed by atoms with Crippen molar-refractivity contribution in [3.63, 3.8) is 0 Å². The molecule has 1 aromatic rings. The van der Waals surface area contributed by atoms with Gasteiger partial charge in [0.2, 0.25) is 0 Å². The molecule has 4 nitrogen and oxygen atoms in total. The predicted molar refractivity (Wildman–Crippen MR) is 60.9 cm³/mol. The minimum Gasteiger partial charge on any atom is -0.354 e. The lowest BCUT2D eigenvalue weighted by atomic mass is 10.2. The Balaban J connectivity index is 2.47. The molecule has 0 spiro atoms. The Labute approximate surface area is 94.6 Å². The first-order valence-corrected chi connectivity index (χ1v) is 5.83. The number of nitrogens with one attached hydrogen (secondary N) is 1. The predicted octanol–water partition coefficient (Wildman–Crippen LogP) is 1.80. The zero-order valence-electron chi connectivity index (χ0n) is 9.56. The van der Waals surface area contributed by atoms with Gasteiger partial charge in [0.05, 0.1) is 17.2 Å². The third-order valence-corrected chi connectivity index (χ3v) is 2.89. The van der Waals surface area contributed by atoms with E-state index in [0.717, 1.165) is 5.69 Å². The molecule has 2 atom stereocenters. The van der Waals surface area contributed by atoms with E-state index in [1.165, 1.54) is 0 Å². The van der Waals surface area contributed by atoms with E-state index in [-0.39, 0.29) is 18.4 Å². The van der Waals surface area contributed by atoms with Crippen molar-refractivity contribution in [1.82, 2.24) is 10.3 Å². The fraction of sp³-hybridized carbons (Fsp3) is 0.700. The van der Waals surface area contributed by atoms with E-state index in [9.17, 15) is 0 Å². The summed E-state index contributed by atoms with van der Waals surface area (Å²) in [5, 5.41) is 5.42. The Hall–Kier alpha value is -0.490. The van der Waals surface area contributed by atoms with Gasteiger partial charge in [0.25, 0.3) is 0 Å². The second-order valence-electron chi connectivity index (χ2n) is 3.43. The van der Waals surface area contributed by atoms with Crippen molar-refractivity contribution in [1.29, 1.82) is 0 Å². The Morgan fingerprint density at radius 2 is 2.00 bits per heavy atom. The van der Waals surface area contributed by atoms with Crippen molar-refractivity contribution in [2.24, 2.45) is 0 Å². The van der Waals surface area contributed by atoms with Crippen LogP contribution in [0.4, 0.5) is 0 Å². The number of nitrogens with zero attached hydrogens (tertiary/aromatic N) is 1. The molecule has 2 unspecified atom stereocenters. The van der Waals surface area contributed by atoms with Crippen LogP contribution in [0.3, 0.4) is 0 Å². The molecule has 0 saturated carbocycles. The van der Waals surface area contributed by atoms with Crippen LogP contribution in [0.5, 0.6) is 0 Å². The molecule has 0 aliphatic rings. The molecule has 0 aromatic carbocycles. The van der Waals surface area contributed by atoms with Crippen LogP contribution in [0.15, 0.2) is 10.9 Å². The van der Waals surface area contributed by atoms with Crippen LogP contribution >= 0.6 is 11.3 Å². The summed E-state index contributed by atoms with van der Waals surface area (Å²) in [4.78, 5) is 4.25. The first kappa shape index (κ1) is 12.6. The highest BCUT2D eigenvalue weighted by Crippen LogP contribution is 2.13. The molecule has 0 radical (unpaired) electrons. The van der Waals surface area contributed by atoms with E-state index >= 15 is 0 Å². The molecule has 0 fully saturated rings. The van der Waals surface area contributed by atoms with Crippen LogP contribution in [0.1, 0.15) is 25.6 Å². The van der Waals surface area contributed by atoms with E-state index in [0.29, 0.717) is 0 Å². The largest absolute Gasteiger partial charge is 0.354 e. The molecule has 0 aliphatic heterocycles. The summed E-state index contributed by atoms with van der Waals surface area (Å²) in [5.74, 6) is 0.